The highest BCUT2D eigenvalue weighted by atomic mass is 19.1. The van der Waals surface area contributed by atoms with Crippen LogP contribution < -0.4 is 0 Å². The molecule has 4 nitrogen and oxygen atoms in total. The van der Waals surface area contributed by atoms with Crippen LogP contribution in [0, 0.1) is 17.6 Å². The summed E-state index contributed by atoms with van der Waals surface area (Å²) in [5.74, 6) is -0.597. The third-order valence-electron chi connectivity index (χ3n) is 6.80. The maximum Gasteiger partial charge on any atom is 0.225 e. The molecule has 1 aliphatic carbocycles. The van der Waals surface area contributed by atoms with Gasteiger partial charge in [-0.15, -0.1) is 0 Å². The lowest BCUT2D eigenvalue weighted by atomic mass is 9.81. The van der Waals surface area contributed by atoms with Gasteiger partial charge in [0.2, 0.25) is 5.91 Å². The van der Waals surface area contributed by atoms with Crippen LogP contribution in [-0.4, -0.2) is 52.1 Å². The molecule has 148 valence electrons. The average molecular weight is 378 g/mol. The SMILES string of the molecule is O=C(C1CC(O)C1)N1CCC[C@]2(CCCN2Cc2cc(F)ccc2F)CC1. The molecule has 0 unspecified atom stereocenters. The summed E-state index contributed by atoms with van der Waals surface area (Å²) >= 11 is 0. The van der Waals surface area contributed by atoms with Crippen molar-refractivity contribution in [3.05, 3.63) is 35.4 Å². The van der Waals surface area contributed by atoms with Crippen molar-refractivity contribution in [3.8, 4) is 0 Å². The minimum absolute atomic E-state index is 0.0184. The van der Waals surface area contributed by atoms with Gasteiger partial charge in [-0.2, -0.15) is 0 Å². The Hall–Kier alpha value is -1.53. The van der Waals surface area contributed by atoms with Gasteiger partial charge in [0.25, 0.3) is 0 Å². The molecule has 27 heavy (non-hydrogen) atoms. The van der Waals surface area contributed by atoms with E-state index in [0.717, 1.165) is 51.3 Å². The Bertz CT molecular complexity index is 707. The number of hydrogen-bond donors (Lipinski definition) is 1. The third-order valence-corrected chi connectivity index (χ3v) is 6.80. The summed E-state index contributed by atoms with van der Waals surface area (Å²) in [4.78, 5) is 16.9. The van der Waals surface area contributed by atoms with Crippen molar-refractivity contribution in [2.24, 2.45) is 5.92 Å². The minimum Gasteiger partial charge on any atom is -0.393 e. The standard InChI is InChI=1S/C21H28F2N2O2/c22-17-3-4-19(23)16(11-17)14-25-9-2-6-21(25)5-1-8-24(10-7-21)20(27)15-12-18(26)13-15/h3-4,11,15,18,26H,1-2,5-10,12-14H2/t15?,18?,21-/m0/s1. The van der Waals surface area contributed by atoms with Gasteiger partial charge in [0.1, 0.15) is 11.6 Å². The first-order chi connectivity index (χ1) is 13.0. The van der Waals surface area contributed by atoms with E-state index in [1.165, 1.54) is 12.1 Å². The quantitative estimate of drug-likeness (QED) is 0.879. The molecule has 2 aliphatic heterocycles. The van der Waals surface area contributed by atoms with Gasteiger partial charge in [-0.3, -0.25) is 9.69 Å². The molecule has 1 atom stereocenters. The highest BCUT2D eigenvalue weighted by molar-refractivity contribution is 5.79. The molecule has 1 N–H and O–H groups in total. The highest BCUT2D eigenvalue weighted by Gasteiger charge is 2.43. The number of aliphatic hydroxyl groups is 1. The van der Waals surface area contributed by atoms with Gasteiger partial charge in [0.05, 0.1) is 6.10 Å². The van der Waals surface area contributed by atoms with E-state index in [9.17, 15) is 18.7 Å². The average Bonchev–Trinajstić information content (AvgIpc) is 2.86. The summed E-state index contributed by atoms with van der Waals surface area (Å²) in [7, 11) is 0. The van der Waals surface area contributed by atoms with E-state index in [0.29, 0.717) is 31.5 Å². The first-order valence-electron chi connectivity index (χ1n) is 10.1. The molecular weight excluding hydrogens is 350 g/mol. The van der Waals surface area contributed by atoms with Crippen LogP contribution in [0.3, 0.4) is 0 Å². The third kappa shape index (κ3) is 3.74. The van der Waals surface area contributed by atoms with Gasteiger partial charge in [0.15, 0.2) is 0 Å². The van der Waals surface area contributed by atoms with Crippen molar-refractivity contribution in [2.75, 3.05) is 19.6 Å². The van der Waals surface area contributed by atoms with Crippen LogP contribution in [-0.2, 0) is 11.3 Å². The molecule has 1 spiro atoms. The van der Waals surface area contributed by atoms with Gasteiger partial charge in [0, 0.05) is 36.7 Å². The van der Waals surface area contributed by atoms with E-state index in [4.69, 9.17) is 0 Å². The number of carbonyl (C=O) groups is 1. The van der Waals surface area contributed by atoms with Crippen molar-refractivity contribution in [2.45, 2.75) is 63.1 Å². The number of carbonyl (C=O) groups excluding carboxylic acids is 1. The van der Waals surface area contributed by atoms with Gasteiger partial charge >= 0.3 is 0 Å². The van der Waals surface area contributed by atoms with Crippen LogP contribution in [0.15, 0.2) is 18.2 Å². The number of hydrogen-bond acceptors (Lipinski definition) is 3. The molecule has 0 bridgehead atoms. The Labute approximate surface area is 159 Å². The fourth-order valence-corrected chi connectivity index (χ4v) is 5.12. The lowest BCUT2D eigenvalue weighted by Gasteiger charge is -2.39. The number of amides is 1. The van der Waals surface area contributed by atoms with Crippen LogP contribution in [0.4, 0.5) is 8.78 Å². The molecule has 2 heterocycles. The summed E-state index contributed by atoms with van der Waals surface area (Å²) in [6.07, 6.45) is 5.77. The molecule has 0 radical (unpaired) electrons. The predicted octanol–water partition coefficient (Wildman–Crippen LogP) is 3.08. The van der Waals surface area contributed by atoms with Gasteiger partial charge in [-0.25, -0.2) is 8.78 Å². The first-order valence-corrected chi connectivity index (χ1v) is 10.1. The van der Waals surface area contributed by atoms with Crippen LogP contribution in [0.2, 0.25) is 0 Å². The number of rotatable bonds is 3. The van der Waals surface area contributed by atoms with Crippen molar-refractivity contribution in [3.63, 3.8) is 0 Å². The zero-order chi connectivity index (χ0) is 19.0. The fraction of sp³-hybridized carbons (Fsp3) is 0.667. The second-order valence-electron chi connectivity index (χ2n) is 8.49. The predicted molar refractivity (Wildman–Crippen MR) is 97.9 cm³/mol. The maximum atomic E-state index is 14.1. The molecule has 1 amide bonds. The summed E-state index contributed by atoms with van der Waals surface area (Å²) in [6, 6.07) is 3.66. The molecule has 1 aromatic carbocycles. The Kier molecular flexibility index (Phi) is 5.21. The lowest BCUT2D eigenvalue weighted by molar-refractivity contribution is -0.142. The molecule has 0 aromatic heterocycles. The monoisotopic (exact) mass is 378 g/mol. The second-order valence-corrected chi connectivity index (χ2v) is 8.49. The smallest absolute Gasteiger partial charge is 0.225 e. The fourth-order valence-electron chi connectivity index (χ4n) is 5.12. The Morgan fingerprint density at radius 2 is 1.85 bits per heavy atom. The van der Waals surface area contributed by atoms with Gasteiger partial charge in [-0.1, -0.05) is 0 Å². The molecule has 1 aromatic rings. The molecule has 1 saturated carbocycles. The molecule has 3 fully saturated rings. The lowest BCUT2D eigenvalue weighted by Crippen LogP contribution is -2.46. The first kappa shape index (κ1) is 18.8. The van der Waals surface area contributed by atoms with Crippen molar-refractivity contribution in [1.29, 1.82) is 0 Å². The van der Waals surface area contributed by atoms with Crippen molar-refractivity contribution < 1.29 is 18.7 Å². The Morgan fingerprint density at radius 1 is 1.11 bits per heavy atom. The van der Waals surface area contributed by atoms with E-state index in [-0.39, 0.29) is 29.3 Å². The number of benzene rings is 1. The van der Waals surface area contributed by atoms with Gasteiger partial charge < -0.3 is 10.0 Å². The normalized spacial score (nSPS) is 31.7. The molecule has 3 aliphatic rings. The van der Waals surface area contributed by atoms with Crippen LogP contribution in [0.5, 0.6) is 0 Å². The van der Waals surface area contributed by atoms with Crippen LogP contribution in [0.25, 0.3) is 0 Å². The summed E-state index contributed by atoms with van der Waals surface area (Å²) in [5.41, 5.74) is 0.393. The second kappa shape index (κ2) is 7.47. The minimum atomic E-state index is -0.403. The molecular formula is C21H28F2N2O2. The van der Waals surface area contributed by atoms with Crippen molar-refractivity contribution >= 4 is 5.91 Å². The number of likely N-dealkylation sites (tertiary alicyclic amines) is 2. The van der Waals surface area contributed by atoms with E-state index in [1.807, 2.05) is 4.90 Å². The van der Waals surface area contributed by atoms with Gasteiger partial charge in [-0.05, 0) is 69.7 Å². The summed E-state index contributed by atoms with van der Waals surface area (Å²) in [5, 5.41) is 9.47. The van der Waals surface area contributed by atoms with Crippen LogP contribution in [0.1, 0.15) is 50.5 Å². The van der Waals surface area contributed by atoms with E-state index in [2.05, 4.69) is 4.90 Å². The largest absolute Gasteiger partial charge is 0.393 e. The molecule has 6 heteroatoms. The van der Waals surface area contributed by atoms with Crippen LogP contribution >= 0.6 is 0 Å². The zero-order valence-electron chi connectivity index (χ0n) is 15.7. The Balaban J connectivity index is 1.44. The Morgan fingerprint density at radius 3 is 2.59 bits per heavy atom. The summed E-state index contributed by atoms with van der Waals surface area (Å²) < 4.78 is 27.7. The molecule has 4 rings (SSSR count). The van der Waals surface area contributed by atoms with Crippen molar-refractivity contribution in [1.82, 2.24) is 9.80 Å². The topological polar surface area (TPSA) is 43.8 Å². The maximum absolute atomic E-state index is 14.1. The zero-order valence-corrected chi connectivity index (χ0v) is 15.7. The summed E-state index contributed by atoms with van der Waals surface area (Å²) in [6.45, 7) is 2.79. The van der Waals surface area contributed by atoms with E-state index in [1.54, 1.807) is 0 Å². The molecule has 2 saturated heterocycles. The number of aliphatic hydroxyl groups excluding tert-OH is 1. The van der Waals surface area contributed by atoms with E-state index >= 15 is 0 Å². The number of halogens is 2. The number of nitrogens with zero attached hydrogens (tertiary/aromatic N) is 2. The van der Waals surface area contributed by atoms with E-state index < -0.39 is 5.82 Å². The highest BCUT2D eigenvalue weighted by Crippen LogP contribution is 2.40.